The predicted molar refractivity (Wildman–Crippen MR) is 77.8 cm³/mol. The summed E-state index contributed by atoms with van der Waals surface area (Å²) in [5.41, 5.74) is 1.33. The molecule has 0 radical (unpaired) electrons. The van der Waals surface area contributed by atoms with Crippen molar-refractivity contribution >= 4 is 41.6 Å². The third-order valence-electron chi connectivity index (χ3n) is 2.25. The van der Waals surface area contributed by atoms with Crippen molar-refractivity contribution in [1.82, 2.24) is 0 Å². The van der Waals surface area contributed by atoms with Gasteiger partial charge >= 0.3 is 6.03 Å². The van der Waals surface area contributed by atoms with Gasteiger partial charge in [-0.05, 0) is 36.4 Å². The molecule has 0 atom stereocenters. The molecule has 0 heterocycles. The Hall–Kier alpha value is -1.65. The first-order valence-corrected chi connectivity index (χ1v) is 6.09. The van der Waals surface area contributed by atoms with Crippen LogP contribution in [0.1, 0.15) is 0 Å². The van der Waals surface area contributed by atoms with Crippen LogP contribution in [-0.2, 0) is 0 Å². The van der Waals surface area contributed by atoms with Gasteiger partial charge < -0.3 is 10.6 Å². The van der Waals surface area contributed by atoms with E-state index in [0.717, 1.165) is 0 Å². The van der Waals surface area contributed by atoms with Gasteiger partial charge in [-0.25, -0.2) is 4.79 Å². The lowest BCUT2D eigenvalue weighted by atomic mass is 10.3. The topological polar surface area (TPSA) is 41.1 Å². The Balaban J connectivity index is 2.01. The molecule has 3 nitrogen and oxygen atoms in total. The van der Waals surface area contributed by atoms with Gasteiger partial charge in [-0.3, -0.25) is 0 Å². The zero-order valence-corrected chi connectivity index (χ0v) is 11.0. The average molecular weight is 279 g/mol. The Morgan fingerprint density at radius 2 is 1.67 bits per heavy atom. The van der Waals surface area contributed by atoms with Gasteiger partial charge in [-0.1, -0.05) is 23.7 Å². The van der Waals surface area contributed by atoms with E-state index in [1.807, 2.05) is 12.1 Å². The molecule has 0 aromatic heterocycles. The number of thiol groups is 1. The van der Waals surface area contributed by atoms with Crippen molar-refractivity contribution in [3.63, 3.8) is 0 Å². The van der Waals surface area contributed by atoms with Gasteiger partial charge in [0.25, 0.3) is 0 Å². The summed E-state index contributed by atoms with van der Waals surface area (Å²) in [5, 5.41) is 6.04. The molecule has 2 rings (SSSR count). The van der Waals surface area contributed by atoms with Crippen LogP contribution in [0, 0.1) is 0 Å². The van der Waals surface area contributed by atoms with E-state index in [-0.39, 0.29) is 6.03 Å². The van der Waals surface area contributed by atoms with Gasteiger partial charge in [0.1, 0.15) is 0 Å². The summed E-state index contributed by atoms with van der Waals surface area (Å²) in [4.78, 5) is 12.4. The van der Waals surface area contributed by atoms with Crippen molar-refractivity contribution in [1.29, 1.82) is 0 Å². The number of halogens is 1. The molecule has 0 saturated carbocycles. The first-order valence-electron chi connectivity index (χ1n) is 5.27. The normalized spacial score (nSPS) is 9.89. The van der Waals surface area contributed by atoms with Crippen molar-refractivity contribution in [3.05, 3.63) is 53.6 Å². The molecule has 0 aliphatic carbocycles. The minimum atomic E-state index is -0.321. The molecule has 0 saturated heterocycles. The van der Waals surface area contributed by atoms with E-state index in [2.05, 4.69) is 23.3 Å². The lowest BCUT2D eigenvalue weighted by Gasteiger charge is -2.09. The zero-order valence-electron chi connectivity index (χ0n) is 9.35. The quantitative estimate of drug-likeness (QED) is 0.706. The van der Waals surface area contributed by atoms with Crippen molar-refractivity contribution in [2.24, 2.45) is 0 Å². The number of benzene rings is 2. The molecule has 0 spiro atoms. The number of anilines is 2. The van der Waals surface area contributed by atoms with E-state index >= 15 is 0 Å². The maximum Gasteiger partial charge on any atom is 0.323 e. The summed E-state index contributed by atoms with van der Waals surface area (Å²) in [5.74, 6) is 0. The lowest BCUT2D eigenvalue weighted by Crippen LogP contribution is -2.19. The summed E-state index contributed by atoms with van der Waals surface area (Å²) in [6.45, 7) is 0. The molecule has 92 valence electrons. The number of carbonyl (C=O) groups is 1. The molecule has 0 aliphatic heterocycles. The second-order valence-corrected chi connectivity index (χ2v) is 4.52. The Kier molecular flexibility index (Phi) is 4.12. The Labute approximate surface area is 116 Å². The number of para-hydroxylation sites is 1. The standard InChI is InChI=1S/C13H11ClN2OS/c14-9-5-7-10(8-6-9)15-13(17)16-11-3-1-2-4-12(11)18/h1-8,18H,(H2,15,16,17). The van der Waals surface area contributed by atoms with Crippen LogP contribution < -0.4 is 10.6 Å². The third kappa shape index (κ3) is 3.42. The molecule has 2 aromatic rings. The fourth-order valence-electron chi connectivity index (χ4n) is 1.40. The van der Waals surface area contributed by atoms with Crippen LogP contribution in [0.2, 0.25) is 5.02 Å². The fraction of sp³-hybridized carbons (Fsp3) is 0. The number of urea groups is 1. The molecule has 0 aliphatic rings. The minimum absolute atomic E-state index is 0.321. The maximum atomic E-state index is 11.7. The largest absolute Gasteiger partial charge is 0.323 e. The second kappa shape index (κ2) is 5.80. The fourth-order valence-corrected chi connectivity index (χ4v) is 1.74. The number of carbonyl (C=O) groups excluding carboxylic acids is 1. The van der Waals surface area contributed by atoms with Crippen molar-refractivity contribution in [2.45, 2.75) is 4.90 Å². The molecular formula is C13H11ClN2OS. The Morgan fingerprint density at radius 3 is 2.33 bits per heavy atom. The van der Waals surface area contributed by atoms with Crippen LogP contribution in [0.15, 0.2) is 53.4 Å². The smallest absolute Gasteiger partial charge is 0.308 e. The van der Waals surface area contributed by atoms with Crippen LogP contribution in [-0.4, -0.2) is 6.03 Å². The zero-order chi connectivity index (χ0) is 13.0. The SMILES string of the molecule is O=C(Nc1ccc(Cl)cc1)Nc1ccccc1S. The van der Waals surface area contributed by atoms with E-state index < -0.39 is 0 Å². The number of rotatable bonds is 2. The molecule has 5 heteroatoms. The van der Waals surface area contributed by atoms with Crippen LogP contribution in [0.25, 0.3) is 0 Å². The van der Waals surface area contributed by atoms with Gasteiger partial charge in [0.05, 0.1) is 5.69 Å². The second-order valence-electron chi connectivity index (χ2n) is 3.60. The van der Waals surface area contributed by atoms with Gasteiger partial charge in [-0.2, -0.15) is 0 Å². The van der Waals surface area contributed by atoms with E-state index in [0.29, 0.717) is 21.3 Å². The van der Waals surface area contributed by atoms with E-state index in [9.17, 15) is 4.79 Å². The molecule has 0 unspecified atom stereocenters. The highest BCUT2D eigenvalue weighted by Gasteiger charge is 2.04. The third-order valence-corrected chi connectivity index (χ3v) is 2.90. The van der Waals surface area contributed by atoms with Crippen LogP contribution in [0.4, 0.5) is 16.2 Å². The van der Waals surface area contributed by atoms with Gasteiger partial charge in [0.2, 0.25) is 0 Å². The summed E-state index contributed by atoms with van der Waals surface area (Å²) < 4.78 is 0. The summed E-state index contributed by atoms with van der Waals surface area (Å²) in [6, 6.07) is 13.8. The first kappa shape index (κ1) is 12.8. The van der Waals surface area contributed by atoms with Crippen molar-refractivity contribution in [2.75, 3.05) is 10.6 Å². The van der Waals surface area contributed by atoms with Crippen molar-refractivity contribution in [3.8, 4) is 0 Å². The highest BCUT2D eigenvalue weighted by Crippen LogP contribution is 2.19. The molecule has 18 heavy (non-hydrogen) atoms. The van der Waals surface area contributed by atoms with E-state index in [1.54, 1.807) is 36.4 Å². The Morgan fingerprint density at radius 1 is 1.00 bits per heavy atom. The summed E-state index contributed by atoms with van der Waals surface area (Å²) in [6.07, 6.45) is 0. The molecular weight excluding hydrogens is 268 g/mol. The molecule has 0 fully saturated rings. The lowest BCUT2D eigenvalue weighted by molar-refractivity contribution is 0.262. The number of nitrogens with one attached hydrogen (secondary N) is 2. The van der Waals surface area contributed by atoms with E-state index in [1.165, 1.54) is 0 Å². The molecule has 0 bridgehead atoms. The molecule has 2 N–H and O–H groups in total. The minimum Gasteiger partial charge on any atom is -0.308 e. The van der Waals surface area contributed by atoms with Gasteiger partial charge in [0.15, 0.2) is 0 Å². The number of amides is 2. The molecule has 2 aromatic carbocycles. The van der Waals surface area contributed by atoms with Gasteiger partial charge in [-0.15, -0.1) is 12.6 Å². The first-order chi connectivity index (χ1) is 8.65. The summed E-state index contributed by atoms with van der Waals surface area (Å²) in [7, 11) is 0. The van der Waals surface area contributed by atoms with Gasteiger partial charge in [0, 0.05) is 15.6 Å². The number of hydrogen-bond donors (Lipinski definition) is 3. The van der Waals surface area contributed by atoms with Crippen molar-refractivity contribution < 1.29 is 4.79 Å². The van der Waals surface area contributed by atoms with Crippen LogP contribution in [0.3, 0.4) is 0 Å². The number of hydrogen-bond acceptors (Lipinski definition) is 2. The maximum absolute atomic E-state index is 11.7. The van der Waals surface area contributed by atoms with Crippen LogP contribution in [0.5, 0.6) is 0 Å². The van der Waals surface area contributed by atoms with Crippen LogP contribution >= 0.6 is 24.2 Å². The highest BCUT2D eigenvalue weighted by molar-refractivity contribution is 7.80. The molecule has 2 amide bonds. The average Bonchev–Trinajstić information content (AvgIpc) is 2.35. The van der Waals surface area contributed by atoms with E-state index in [4.69, 9.17) is 11.6 Å². The summed E-state index contributed by atoms with van der Waals surface area (Å²) >= 11 is 10.0. The Bertz CT molecular complexity index is 557. The predicted octanol–water partition coefficient (Wildman–Crippen LogP) is 4.27. The highest BCUT2D eigenvalue weighted by atomic mass is 35.5. The monoisotopic (exact) mass is 278 g/mol.